The van der Waals surface area contributed by atoms with Crippen molar-refractivity contribution in [2.24, 2.45) is 17.6 Å². The second-order valence-corrected chi connectivity index (χ2v) is 3.93. The number of hydrogen-bond donors (Lipinski definition) is 1. The van der Waals surface area contributed by atoms with Crippen molar-refractivity contribution in [3.8, 4) is 0 Å². The molecule has 0 aromatic heterocycles. The maximum Gasteiger partial charge on any atom is 0.226 e. The van der Waals surface area contributed by atoms with Gasteiger partial charge in [0, 0.05) is 32.7 Å². The monoisotopic (exact) mass is 200 g/mol. The minimum atomic E-state index is 0.249. The SMILES string of the molecule is COCCN(CCN)C(=O)C1CC1C. The van der Waals surface area contributed by atoms with Crippen molar-refractivity contribution in [2.45, 2.75) is 13.3 Å². The molecule has 0 spiro atoms. The molecule has 0 bridgehead atoms. The van der Waals surface area contributed by atoms with E-state index >= 15 is 0 Å². The van der Waals surface area contributed by atoms with Gasteiger partial charge in [0.25, 0.3) is 0 Å². The van der Waals surface area contributed by atoms with Gasteiger partial charge in [-0.25, -0.2) is 0 Å². The standard InChI is InChI=1S/C10H20N2O2/c1-8-7-9(8)10(13)12(4-3-11)5-6-14-2/h8-9H,3-7,11H2,1-2H3. The Morgan fingerprint density at radius 2 is 2.21 bits per heavy atom. The molecule has 2 unspecified atom stereocenters. The van der Waals surface area contributed by atoms with Crippen LogP contribution in [-0.4, -0.2) is 44.2 Å². The molecule has 4 nitrogen and oxygen atoms in total. The summed E-state index contributed by atoms with van der Waals surface area (Å²) < 4.78 is 4.96. The van der Waals surface area contributed by atoms with Crippen LogP contribution in [0.4, 0.5) is 0 Å². The molecule has 1 fully saturated rings. The molecule has 1 saturated carbocycles. The van der Waals surface area contributed by atoms with Crippen LogP contribution >= 0.6 is 0 Å². The lowest BCUT2D eigenvalue weighted by atomic mass is 10.3. The van der Waals surface area contributed by atoms with Gasteiger partial charge in [0.15, 0.2) is 0 Å². The number of hydrogen-bond acceptors (Lipinski definition) is 3. The summed E-state index contributed by atoms with van der Waals surface area (Å²) >= 11 is 0. The van der Waals surface area contributed by atoms with Crippen LogP contribution in [0.1, 0.15) is 13.3 Å². The number of methoxy groups -OCH3 is 1. The van der Waals surface area contributed by atoms with Crippen LogP contribution < -0.4 is 5.73 Å². The fourth-order valence-corrected chi connectivity index (χ4v) is 1.59. The Kier molecular flexibility index (Phi) is 4.35. The first-order chi connectivity index (χ1) is 6.70. The van der Waals surface area contributed by atoms with Crippen LogP contribution in [0, 0.1) is 11.8 Å². The Hall–Kier alpha value is -0.610. The molecule has 0 aromatic rings. The number of nitrogens with two attached hydrogens (primary N) is 1. The molecule has 1 aliphatic rings. The summed E-state index contributed by atoms with van der Waals surface area (Å²) in [5.41, 5.74) is 5.46. The maximum atomic E-state index is 11.8. The van der Waals surface area contributed by atoms with E-state index in [2.05, 4.69) is 6.92 Å². The first kappa shape index (κ1) is 11.5. The summed E-state index contributed by atoms with van der Waals surface area (Å²) in [6.45, 7) is 4.53. The van der Waals surface area contributed by atoms with Gasteiger partial charge in [-0.05, 0) is 12.3 Å². The van der Waals surface area contributed by atoms with Crippen molar-refractivity contribution in [2.75, 3.05) is 33.4 Å². The zero-order valence-electron chi connectivity index (χ0n) is 9.03. The van der Waals surface area contributed by atoms with Crippen molar-refractivity contribution < 1.29 is 9.53 Å². The number of ether oxygens (including phenoxy) is 1. The van der Waals surface area contributed by atoms with Gasteiger partial charge < -0.3 is 15.4 Å². The smallest absolute Gasteiger partial charge is 0.226 e. The Morgan fingerprint density at radius 3 is 2.64 bits per heavy atom. The number of amides is 1. The second kappa shape index (κ2) is 5.32. The molecule has 1 amide bonds. The lowest BCUT2D eigenvalue weighted by Crippen LogP contribution is -2.38. The van der Waals surface area contributed by atoms with Gasteiger partial charge >= 0.3 is 0 Å². The van der Waals surface area contributed by atoms with E-state index in [0.29, 0.717) is 32.2 Å². The third-order valence-corrected chi connectivity index (χ3v) is 2.70. The van der Waals surface area contributed by atoms with E-state index in [4.69, 9.17) is 10.5 Å². The first-order valence-corrected chi connectivity index (χ1v) is 5.18. The van der Waals surface area contributed by atoms with Crippen molar-refractivity contribution >= 4 is 5.91 Å². The quantitative estimate of drug-likeness (QED) is 0.660. The molecule has 14 heavy (non-hydrogen) atoms. The predicted molar refractivity (Wildman–Crippen MR) is 54.8 cm³/mol. The van der Waals surface area contributed by atoms with Gasteiger partial charge in [-0.2, -0.15) is 0 Å². The number of rotatable bonds is 6. The minimum absolute atomic E-state index is 0.249. The maximum absolute atomic E-state index is 11.8. The summed E-state index contributed by atoms with van der Waals surface area (Å²) in [7, 11) is 1.64. The van der Waals surface area contributed by atoms with Crippen LogP contribution in [0.2, 0.25) is 0 Å². The Bertz CT molecular complexity index is 197. The average Bonchev–Trinajstić information content (AvgIpc) is 2.89. The van der Waals surface area contributed by atoms with Gasteiger partial charge in [0.2, 0.25) is 5.91 Å². The zero-order valence-corrected chi connectivity index (χ0v) is 9.03. The van der Waals surface area contributed by atoms with Gasteiger partial charge in [0.05, 0.1) is 6.61 Å². The molecular formula is C10H20N2O2. The van der Waals surface area contributed by atoms with Crippen LogP contribution in [-0.2, 0) is 9.53 Å². The molecule has 82 valence electrons. The van der Waals surface area contributed by atoms with Gasteiger partial charge in [-0.3, -0.25) is 4.79 Å². The van der Waals surface area contributed by atoms with Gasteiger partial charge in [-0.1, -0.05) is 6.92 Å². The second-order valence-electron chi connectivity index (χ2n) is 3.93. The predicted octanol–water partition coefficient (Wildman–Crippen LogP) is 0.0761. The Balaban J connectivity index is 2.36. The largest absolute Gasteiger partial charge is 0.383 e. The molecule has 2 N–H and O–H groups in total. The first-order valence-electron chi connectivity index (χ1n) is 5.18. The number of nitrogens with zero attached hydrogens (tertiary/aromatic N) is 1. The summed E-state index contributed by atoms with van der Waals surface area (Å²) in [5.74, 6) is 1.06. The van der Waals surface area contributed by atoms with E-state index in [1.807, 2.05) is 4.90 Å². The lowest BCUT2D eigenvalue weighted by Gasteiger charge is -2.21. The fourth-order valence-electron chi connectivity index (χ4n) is 1.59. The van der Waals surface area contributed by atoms with E-state index in [0.717, 1.165) is 6.42 Å². The van der Waals surface area contributed by atoms with Crippen LogP contribution in [0.25, 0.3) is 0 Å². The van der Waals surface area contributed by atoms with Crippen molar-refractivity contribution in [3.63, 3.8) is 0 Å². The van der Waals surface area contributed by atoms with Crippen LogP contribution in [0.3, 0.4) is 0 Å². The highest BCUT2D eigenvalue weighted by Gasteiger charge is 2.41. The Labute approximate surface area is 85.4 Å². The molecule has 4 heteroatoms. The molecule has 0 saturated heterocycles. The van der Waals surface area contributed by atoms with E-state index < -0.39 is 0 Å². The zero-order chi connectivity index (χ0) is 10.6. The molecule has 1 rings (SSSR count). The van der Waals surface area contributed by atoms with Crippen molar-refractivity contribution in [3.05, 3.63) is 0 Å². The van der Waals surface area contributed by atoms with Gasteiger partial charge in [-0.15, -0.1) is 0 Å². The highest BCUT2D eigenvalue weighted by Crippen LogP contribution is 2.39. The molecule has 0 radical (unpaired) electrons. The van der Waals surface area contributed by atoms with E-state index in [9.17, 15) is 4.79 Å². The summed E-state index contributed by atoms with van der Waals surface area (Å²) in [6.07, 6.45) is 1.03. The van der Waals surface area contributed by atoms with Gasteiger partial charge in [0.1, 0.15) is 0 Å². The summed E-state index contributed by atoms with van der Waals surface area (Å²) in [4.78, 5) is 13.6. The molecule has 0 heterocycles. The highest BCUT2D eigenvalue weighted by atomic mass is 16.5. The Morgan fingerprint density at radius 1 is 1.57 bits per heavy atom. The third kappa shape index (κ3) is 2.96. The highest BCUT2D eigenvalue weighted by molar-refractivity contribution is 5.81. The van der Waals surface area contributed by atoms with Crippen LogP contribution in [0.5, 0.6) is 0 Å². The third-order valence-electron chi connectivity index (χ3n) is 2.70. The number of carbonyl (C=O) groups excluding carboxylic acids is 1. The number of carbonyl (C=O) groups is 1. The summed E-state index contributed by atoms with van der Waals surface area (Å²) in [5, 5.41) is 0. The molecule has 1 aliphatic carbocycles. The average molecular weight is 200 g/mol. The summed E-state index contributed by atoms with van der Waals surface area (Å²) in [6, 6.07) is 0. The molecule has 0 aromatic carbocycles. The topological polar surface area (TPSA) is 55.6 Å². The normalized spacial score (nSPS) is 24.8. The van der Waals surface area contributed by atoms with Crippen LogP contribution in [0.15, 0.2) is 0 Å². The molecule has 0 aliphatic heterocycles. The molecule has 2 atom stereocenters. The minimum Gasteiger partial charge on any atom is -0.383 e. The van der Waals surface area contributed by atoms with E-state index in [1.165, 1.54) is 0 Å². The van der Waals surface area contributed by atoms with Crippen molar-refractivity contribution in [1.29, 1.82) is 0 Å². The van der Waals surface area contributed by atoms with E-state index in [1.54, 1.807) is 7.11 Å². The van der Waals surface area contributed by atoms with E-state index in [-0.39, 0.29) is 11.8 Å². The lowest BCUT2D eigenvalue weighted by molar-refractivity contribution is -0.133. The molecular weight excluding hydrogens is 180 g/mol. The fraction of sp³-hybridized carbons (Fsp3) is 0.900. The van der Waals surface area contributed by atoms with Crippen molar-refractivity contribution in [1.82, 2.24) is 4.90 Å².